The van der Waals surface area contributed by atoms with Gasteiger partial charge < -0.3 is 10.2 Å². The number of hydrogen-bond acceptors (Lipinski definition) is 8. The second-order valence-electron chi connectivity index (χ2n) is 6.36. The number of nitrogens with one attached hydrogen (secondary N) is 1. The average Bonchev–Trinajstić information content (AvgIpc) is 3.34. The molecule has 0 aliphatic carbocycles. The van der Waals surface area contributed by atoms with Gasteiger partial charge in [0.2, 0.25) is 5.91 Å². The number of carbonyl (C=O) groups is 2. The Morgan fingerprint density at radius 1 is 1.13 bits per heavy atom. The molecule has 0 fully saturated rings. The molecule has 0 aliphatic rings. The van der Waals surface area contributed by atoms with E-state index in [1.807, 2.05) is 26.0 Å². The van der Waals surface area contributed by atoms with E-state index in [2.05, 4.69) is 10.3 Å². The molecule has 0 unspecified atom stereocenters. The van der Waals surface area contributed by atoms with Gasteiger partial charge in [-0.25, -0.2) is 13.4 Å². The summed E-state index contributed by atoms with van der Waals surface area (Å²) < 4.78 is 25.0. The van der Waals surface area contributed by atoms with E-state index < -0.39 is 9.84 Å². The van der Waals surface area contributed by atoms with Crippen LogP contribution in [0.25, 0.3) is 10.2 Å². The van der Waals surface area contributed by atoms with Crippen molar-refractivity contribution in [2.75, 3.05) is 30.4 Å². The zero-order valence-corrected chi connectivity index (χ0v) is 19.9. The first-order chi connectivity index (χ1) is 14.2. The maximum atomic E-state index is 12.4. The molecule has 0 radical (unpaired) electrons. The summed E-state index contributed by atoms with van der Waals surface area (Å²) in [6.45, 7) is 5.29. The molecule has 0 spiro atoms. The Hall–Kier alpha value is -1.95. The van der Waals surface area contributed by atoms with Crippen LogP contribution in [0.4, 0.5) is 5.69 Å². The third-order valence-corrected chi connectivity index (χ3v) is 9.28. The molecule has 3 rings (SSSR count). The van der Waals surface area contributed by atoms with Gasteiger partial charge in [-0.1, -0.05) is 11.8 Å². The van der Waals surface area contributed by atoms with Crippen molar-refractivity contribution in [1.29, 1.82) is 0 Å². The fourth-order valence-electron chi connectivity index (χ4n) is 2.67. The van der Waals surface area contributed by atoms with Gasteiger partial charge in [-0.3, -0.25) is 9.59 Å². The molecule has 160 valence electrons. The van der Waals surface area contributed by atoms with Crippen LogP contribution in [0.3, 0.4) is 0 Å². The maximum absolute atomic E-state index is 12.4. The van der Waals surface area contributed by atoms with Crippen molar-refractivity contribution in [1.82, 2.24) is 9.88 Å². The van der Waals surface area contributed by atoms with Crippen molar-refractivity contribution in [2.45, 2.75) is 22.4 Å². The average molecular weight is 484 g/mol. The Balaban J connectivity index is 1.69. The first kappa shape index (κ1) is 22.7. The normalized spacial score (nSPS) is 11.6. The standard InChI is InChI=1S/C19H21N3O4S4/c1-4-22(5-2)16(23)11-27-19-21-13-7-6-12(10-15(13)29-19)20-18(24)14-8-9-17(28-14)30(3,25)26/h6-10H,4-5,11H2,1-3H3,(H,20,24). The molecule has 2 heterocycles. The van der Waals surface area contributed by atoms with E-state index in [-0.39, 0.29) is 16.0 Å². The number of amides is 2. The Kier molecular flexibility index (Phi) is 7.17. The number of thiazole rings is 1. The first-order valence-corrected chi connectivity index (χ1v) is 13.6. The number of hydrogen-bond donors (Lipinski definition) is 1. The minimum Gasteiger partial charge on any atom is -0.343 e. The summed E-state index contributed by atoms with van der Waals surface area (Å²) >= 11 is 3.81. The predicted molar refractivity (Wildman–Crippen MR) is 124 cm³/mol. The number of sulfone groups is 1. The van der Waals surface area contributed by atoms with Gasteiger partial charge in [0.1, 0.15) is 4.21 Å². The molecular weight excluding hydrogens is 462 g/mol. The van der Waals surface area contributed by atoms with Gasteiger partial charge >= 0.3 is 0 Å². The zero-order chi connectivity index (χ0) is 21.9. The minimum absolute atomic E-state index is 0.0848. The molecule has 0 atom stereocenters. The number of thioether (sulfide) groups is 1. The van der Waals surface area contributed by atoms with E-state index in [1.165, 1.54) is 35.2 Å². The van der Waals surface area contributed by atoms with Crippen LogP contribution < -0.4 is 5.32 Å². The van der Waals surface area contributed by atoms with Gasteiger partial charge in [0.15, 0.2) is 14.2 Å². The Bertz CT molecular complexity index is 1180. The summed E-state index contributed by atoms with van der Waals surface area (Å²) in [7, 11) is -3.33. The van der Waals surface area contributed by atoms with Crippen LogP contribution in [0, 0.1) is 0 Å². The number of fused-ring (bicyclic) bond motifs is 1. The van der Waals surface area contributed by atoms with Crippen LogP contribution in [0.15, 0.2) is 38.9 Å². The highest BCUT2D eigenvalue weighted by Crippen LogP contribution is 2.32. The first-order valence-electron chi connectivity index (χ1n) is 9.13. The molecule has 0 bridgehead atoms. The largest absolute Gasteiger partial charge is 0.343 e. The summed E-state index contributed by atoms with van der Waals surface area (Å²) in [5.41, 5.74) is 1.40. The highest BCUT2D eigenvalue weighted by molar-refractivity contribution is 8.01. The van der Waals surface area contributed by atoms with Crippen molar-refractivity contribution >= 4 is 72.0 Å². The highest BCUT2D eigenvalue weighted by Gasteiger charge is 2.16. The lowest BCUT2D eigenvalue weighted by molar-refractivity contribution is -0.127. The fraction of sp³-hybridized carbons (Fsp3) is 0.316. The second-order valence-corrected chi connectivity index (χ2v) is 11.9. The molecule has 2 aromatic heterocycles. The molecule has 7 nitrogen and oxygen atoms in total. The molecule has 0 saturated heterocycles. The zero-order valence-electron chi connectivity index (χ0n) is 16.7. The van der Waals surface area contributed by atoms with Gasteiger partial charge in [0.05, 0.1) is 20.8 Å². The van der Waals surface area contributed by atoms with Crippen LogP contribution in [-0.2, 0) is 14.6 Å². The van der Waals surface area contributed by atoms with Crippen LogP contribution in [0.2, 0.25) is 0 Å². The second kappa shape index (κ2) is 9.46. The van der Waals surface area contributed by atoms with E-state index in [0.717, 1.165) is 32.1 Å². The van der Waals surface area contributed by atoms with Gasteiger partial charge in [-0.05, 0) is 44.2 Å². The molecule has 1 N–H and O–H groups in total. The molecular formula is C19H21N3O4S4. The quantitative estimate of drug-likeness (QED) is 0.487. The number of benzene rings is 1. The Morgan fingerprint density at radius 2 is 1.87 bits per heavy atom. The predicted octanol–water partition coefficient (Wildman–Crippen LogP) is 3.97. The molecule has 0 saturated carbocycles. The van der Waals surface area contributed by atoms with Crippen molar-refractivity contribution in [3.8, 4) is 0 Å². The van der Waals surface area contributed by atoms with Gasteiger partial charge in [-0.15, -0.1) is 22.7 Å². The summed E-state index contributed by atoms with van der Waals surface area (Å²) in [5.74, 6) is 0.0615. The maximum Gasteiger partial charge on any atom is 0.265 e. The molecule has 1 aromatic carbocycles. The summed E-state index contributed by atoms with van der Waals surface area (Å²) in [6, 6.07) is 8.33. The Labute approximate surface area is 187 Å². The number of aromatic nitrogens is 1. The van der Waals surface area contributed by atoms with E-state index >= 15 is 0 Å². The Morgan fingerprint density at radius 3 is 2.50 bits per heavy atom. The molecule has 30 heavy (non-hydrogen) atoms. The molecule has 3 aromatic rings. The van der Waals surface area contributed by atoms with Crippen molar-refractivity contribution in [3.05, 3.63) is 35.2 Å². The number of carbonyl (C=O) groups excluding carboxylic acids is 2. The van der Waals surface area contributed by atoms with Crippen molar-refractivity contribution in [3.63, 3.8) is 0 Å². The monoisotopic (exact) mass is 483 g/mol. The third kappa shape index (κ3) is 5.39. The minimum atomic E-state index is -3.33. The fourth-order valence-corrected chi connectivity index (χ4v) is 6.50. The number of rotatable bonds is 8. The molecule has 0 aliphatic heterocycles. The number of thiophene rings is 1. The van der Waals surface area contributed by atoms with Crippen molar-refractivity contribution < 1.29 is 18.0 Å². The smallest absolute Gasteiger partial charge is 0.265 e. The lowest BCUT2D eigenvalue weighted by Crippen LogP contribution is -2.31. The topological polar surface area (TPSA) is 96.4 Å². The lowest BCUT2D eigenvalue weighted by Gasteiger charge is -2.17. The molecule has 2 amide bonds. The SMILES string of the molecule is CCN(CC)C(=O)CSc1nc2ccc(NC(=O)c3ccc(S(C)(=O)=O)s3)cc2s1. The van der Waals surface area contributed by atoms with E-state index in [1.54, 1.807) is 11.0 Å². The van der Waals surface area contributed by atoms with Crippen LogP contribution in [0.1, 0.15) is 23.5 Å². The van der Waals surface area contributed by atoms with Gasteiger partial charge in [-0.2, -0.15) is 0 Å². The van der Waals surface area contributed by atoms with E-state index in [9.17, 15) is 18.0 Å². The summed E-state index contributed by atoms with van der Waals surface area (Å²) in [4.78, 5) is 31.3. The van der Waals surface area contributed by atoms with Crippen LogP contribution in [0.5, 0.6) is 0 Å². The van der Waals surface area contributed by atoms with Crippen LogP contribution >= 0.6 is 34.4 Å². The lowest BCUT2D eigenvalue weighted by atomic mass is 10.3. The van der Waals surface area contributed by atoms with E-state index in [4.69, 9.17) is 0 Å². The number of anilines is 1. The third-order valence-electron chi connectivity index (χ3n) is 4.23. The molecule has 11 heteroatoms. The van der Waals surface area contributed by atoms with Crippen LogP contribution in [-0.4, -0.2) is 55.2 Å². The summed E-state index contributed by atoms with van der Waals surface area (Å²) in [6.07, 6.45) is 1.11. The van der Waals surface area contributed by atoms with Gasteiger partial charge in [0.25, 0.3) is 5.91 Å². The summed E-state index contributed by atoms with van der Waals surface area (Å²) in [5, 5.41) is 2.79. The van der Waals surface area contributed by atoms with Gasteiger partial charge in [0, 0.05) is 25.0 Å². The highest BCUT2D eigenvalue weighted by atomic mass is 32.2. The van der Waals surface area contributed by atoms with E-state index in [0.29, 0.717) is 29.4 Å². The van der Waals surface area contributed by atoms with Crippen molar-refractivity contribution in [2.24, 2.45) is 0 Å². The number of nitrogens with zero attached hydrogens (tertiary/aromatic N) is 2.